The first-order valence-electron chi connectivity index (χ1n) is 10.3. The molecule has 0 saturated carbocycles. The van der Waals surface area contributed by atoms with Gasteiger partial charge in [0.05, 0.1) is 12.0 Å². The smallest absolute Gasteiger partial charge is 0.356 e. The second kappa shape index (κ2) is 10.1. The van der Waals surface area contributed by atoms with Crippen LogP contribution in [0.4, 0.5) is 0 Å². The summed E-state index contributed by atoms with van der Waals surface area (Å²) < 4.78 is 0. The molecule has 33 heavy (non-hydrogen) atoms. The van der Waals surface area contributed by atoms with E-state index in [2.05, 4.69) is 15.5 Å². The molecule has 2 atom stereocenters. The van der Waals surface area contributed by atoms with E-state index in [9.17, 15) is 24.6 Å². The molecule has 0 spiro atoms. The molecule has 0 saturated heterocycles. The molecular formula is C24H25N3O6. The number of carbonyl (C=O) groups is 3. The fourth-order valence-corrected chi connectivity index (χ4v) is 3.50. The van der Waals surface area contributed by atoms with E-state index in [0.717, 1.165) is 22.8 Å². The summed E-state index contributed by atoms with van der Waals surface area (Å²) in [5.74, 6) is -3.08. The first kappa shape index (κ1) is 23.7. The maximum absolute atomic E-state index is 12.7. The number of benzene rings is 2. The molecule has 0 aliphatic rings. The van der Waals surface area contributed by atoms with Gasteiger partial charge in [-0.15, -0.1) is 0 Å². The average Bonchev–Trinajstić information content (AvgIpc) is 3.31. The fourth-order valence-electron chi connectivity index (χ4n) is 3.50. The van der Waals surface area contributed by atoms with Crippen molar-refractivity contribution >= 4 is 17.8 Å². The molecule has 1 heterocycles. The Bertz CT molecular complexity index is 1130. The molecule has 0 aliphatic carbocycles. The predicted molar refractivity (Wildman–Crippen MR) is 120 cm³/mol. The number of H-pyrrole nitrogens is 1. The Morgan fingerprint density at radius 3 is 2.21 bits per heavy atom. The highest BCUT2D eigenvalue weighted by Gasteiger charge is 2.36. The highest BCUT2D eigenvalue weighted by atomic mass is 16.4. The van der Waals surface area contributed by atoms with E-state index in [1.807, 2.05) is 54.6 Å². The maximum Gasteiger partial charge on any atom is 0.356 e. The standard InChI is InChI=1S/C24H25N3O6/c1-24(14-28,23(32)33)13-18(25-21(29)19-12-20(22(30)31)27-26-19)11-15-7-9-17(10-8-15)16-5-3-2-4-6-16/h2-10,12,18,28H,11,13-14H2,1H3,(H,25,29)(H,26,27)(H,30,31)(H,32,33). The third-order valence-electron chi connectivity index (χ3n) is 5.48. The van der Waals surface area contributed by atoms with Gasteiger partial charge in [-0.1, -0.05) is 54.6 Å². The third-order valence-corrected chi connectivity index (χ3v) is 5.48. The molecule has 0 aliphatic heterocycles. The van der Waals surface area contributed by atoms with Gasteiger partial charge in [-0.2, -0.15) is 5.10 Å². The molecule has 2 unspecified atom stereocenters. The van der Waals surface area contributed by atoms with Crippen LogP contribution in [0.15, 0.2) is 60.7 Å². The van der Waals surface area contributed by atoms with Crippen LogP contribution in [0.1, 0.15) is 39.9 Å². The molecule has 0 fully saturated rings. The number of carbonyl (C=O) groups excluding carboxylic acids is 1. The normalized spacial score (nSPS) is 13.6. The van der Waals surface area contributed by atoms with Gasteiger partial charge in [-0.25, -0.2) is 4.79 Å². The Labute approximate surface area is 190 Å². The number of aromatic nitrogens is 2. The fraction of sp³-hybridized carbons (Fsp3) is 0.250. The highest BCUT2D eigenvalue weighted by Crippen LogP contribution is 2.26. The van der Waals surface area contributed by atoms with Crippen LogP contribution in [-0.4, -0.2) is 56.0 Å². The molecule has 1 aromatic heterocycles. The Balaban J connectivity index is 1.81. The number of nitrogens with zero attached hydrogens (tertiary/aromatic N) is 1. The maximum atomic E-state index is 12.7. The molecule has 0 bridgehead atoms. The SMILES string of the molecule is CC(CO)(CC(Cc1ccc(-c2ccccc2)cc1)NC(=O)c1cc(C(=O)O)n[nH]1)C(=O)O. The van der Waals surface area contributed by atoms with Crippen molar-refractivity contribution in [3.8, 4) is 11.1 Å². The first-order valence-corrected chi connectivity index (χ1v) is 10.3. The van der Waals surface area contributed by atoms with E-state index >= 15 is 0 Å². The van der Waals surface area contributed by atoms with E-state index in [1.165, 1.54) is 6.92 Å². The van der Waals surface area contributed by atoms with E-state index in [0.29, 0.717) is 6.42 Å². The number of amides is 1. The van der Waals surface area contributed by atoms with Crippen LogP contribution in [0, 0.1) is 5.41 Å². The number of hydrogen-bond donors (Lipinski definition) is 5. The number of aliphatic carboxylic acids is 1. The van der Waals surface area contributed by atoms with E-state index in [1.54, 1.807) is 0 Å². The zero-order valence-electron chi connectivity index (χ0n) is 18.0. The van der Waals surface area contributed by atoms with Gasteiger partial charge in [-0.05, 0) is 36.5 Å². The molecular weight excluding hydrogens is 426 g/mol. The summed E-state index contributed by atoms with van der Waals surface area (Å²) in [5.41, 5.74) is 1.10. The van der Waals surface area contributed by atoms with Crippen molar-refractivity contribution in [1.82, 2.24) is 15.5 Å². The lowest BCUT2D eigenvalue weighted by Crippen LogP contribution is -2.44. The van der Waals surface area contributed by atoms with Crippen LogP contribution >= 0.6 is 0 Å². The summed E-state index contributed by atoms with van der Waals surface area (Å²) in [6.45, 7) is 0.806. The van der Waals surface area contributed by atoms with Crippen LogP contribution in [-0.2, 0) is 11.2 Å². The number of carboxylic acid groups (broad SMARTS) is 2. The number of carboxylic acids is 2. The summed E-state index contributed by atoms with van der Waals surface area (Å²) in [5, 5.41) is 36.9. The number of hydrogen-bond acceptors (Lipinski definition) is 5. The molecule has 172 valence electrons. The van der Waals surface area contributed by atoms with Crippen molar-refractivity contribution in [2.75, 3.05) is 6.61 Å². The van der Waals surface area contributed by atoms with Crippen molar-refractivity contribution in [3.63, 3.8) is 0 Å². The summed E-state index contributed by atoms with van der Waals surface area (Å²) in [4.78, 5) is 35.4. The molecule has 1 amide bonds. The van der Waals surface area contributed by atoms with Gasteiger partial charge in [0.25, 0.3) is 5.91 Å². The molecule has 5 N–H and O–H groups in total. The van der Waals surface area contributed by atoms with Crippen molar-refractivity contribution in [2.24, 2.45) is 5.41 Å². The zero-order valence-corrected chi connectivity index (χ0v) is 18.0. The minimum atomic E-state index is -1.47. The van der Waals surface area contributed by atoms with Crippen molar-refractivity contribution in [1.29, 1.82) is 0 Å². The van der Waals surface area contributed by atoms with Gasteiger partial charge in [0.15, 0.2) is 5.69 Å². The lowest BCUT2D eigenvalue weighted by atomic mass is 9.82. The summed E-state index contributed by atoms with van der Waals surface area (Å²) >= 11 is 0. The van der Waals surface area contributed by atoms with Gasteiger partial charge in [0.1, 0.15) is 5.69 Å². The largest absolute Gasteiger partial charge is 0.481 e. The predicted octanol–water partition coefficient (Wildman–Crippen LogP) is 2.59. The van der Waals surface area contributed by atoms with Crippen LogP contribution in [0.5, 0.6) is 0 Å². The summed E-state index contributed by atoms with van der Waals surface area (Å²) in [6.07, 6.45) is 0.272. The van der Waals surface area contributed by atoms with Gasteiger partial charge >= 0.3 is 11.9 Å². The number of aliphatic hydroxyl groups excluding tert-OH is 1. The topological polar surface area (TPSA) is 153 Å². The highest BCUT2D eigenvalue weighted by molar-refractivity contribution is 5.95. The number of aromatic carboxylic acids is 1. The number of nitrogens with one attached hydrogen (secondary N) is 2. The van der Waals surface area contributed by atoms with E-state index < -0.39 is 35.9 Å². The van der Waals surface area contributed by atoms with Gasteiger partial charge in [0, 0.05) is 12.1 Å². The third kappa shape index (κ3) is 5.83. The lowest BCUT2D eigenvalue weighted by molar-refractivity contribution is -0.151. The van der Waals surface area contributed by atoms with Crippen LogP contribution < -0.4 is 5.32 Å². The second-order valence-corrected chi connectivity index (χ2v) is 8.14. The number of aliphatic hydroxyl groups is 1. The van der Waals surface area contributed by atoms with Gasteiger partial charge in [0.2, 0.25) is 0 Å². The van der Waals surface area contributed by atoms with E-state index in [-0.39, 0.29) is 17.8 Å². The second-order valence-electron chi connectivity index (χ2n) is 8.14. The van der Waals surface area contributed by atoms with Crippen LogP contribution in [0.25, 0.3) is 11.1 Å². The molecule has 9 nitrogen and oxygen atoms in total. The van der Waals surface area contributed by atoms with Gasteiger partial charge in [-0.3, -0.25) is 14.7 Å². The van der Waals surface area contributed by atoms with Crippen LogP contribution in [0.3, 0.4) is 0 Å². The zero-order chi connectivity index (χ0) is 24.0. The lowest BCUT2D eigenvalue weighted by Gasteiger charge is -2.28. The Hall–Kier alpha value is -3.98. The number of rotatable bonds is 10. The van der Waals surface area contributed by atoms with E-state index in [4.69, 9.17) is 5.11 Å². The number of aromatic amines is 1. The summed E-state index contributed by atoms with van der Waals surface area (Å²) in [6, 6.07) is 18.0. The van der Waals surface area contributed by atoms with Crippen molar-refractivity contribution in [3.05, 3.63) is 77.6 Å². The quantitative estimate of drug-likeness (QED) is 0.318. The van der Waals surface area contributed by atoms with Crippen LogP contribution in [0.2, 0.25) is 0 Å². The minimum absolute atomic E-state index is 0.0368. The Morgan fingerprint density at radius 1 is 1.03 bits per heavy atom. The van der Waals surface area contributed by atoms with Gasteiger partial charge < -0.3 is 20.6 Å². The average molecular weight is 451 g/mol. The molecule has 0 radical (unpaired) electrons. The molecule has 3 aromatic rings. The first-order chi connectivity index (χ1) is 15.7. The minimum Gasteiger partial charge on any atom is -0.481 e. The van der Waals surface area contributed by atoms with Crippen molar-refractivity contribution < 1.29 is 29.7 Å². The van der Waals surface area contributed by atoms with Crippen molar-refractivity contribution in [2.45, 2.75) is 25.8 Å². The Morgan fingerprint density at radius 2 is 1.67 bits per heavy atom. The summed E-state index contributed by atoms with van der Waals surface area (Å²) in [7, 11) is 0. The molecule has 3 rings (SSSR count). The monoisotopic (exact) mass is 451 g/mol. The molecule has 9 heteroatoms. The Kier molecular flexibility index (Phi) is 7.24. The molecule has 2 aromatic carbocycles.